The van der Waals surface area contributed by atoms with Crippen molar-refractivity contribution in [1.29, 1.82) is 0 Å². The highest BCUT2D eigenvalue weighted by atomic mass is 79.9. The third-order valence-corrected chi connectivity index (χ3v) is 4.99. The van der Waals surface area contributed by atoms with E-state index >= 15 is 0 Å². The van der Waals surface area contributed by atoms with E-state index in [1.165, 1.54) is 11.3 Å². The summed E-state index contributed by atoms with van der Waals surface area (Å²) in [6, 6.07) is 7.29. The van der Waals surface area contributed by atoms with Crippen molar-refractivity contribution in [3.8, 4) is 0 Å². The summed E-state index contributed by atoms with van der Waals surface area (Å²) in [5.41, 5.74) is 0.663. The molecule has 0 radical (unpaired) electrons. The molecule has 3 heterocycles. The summed E-state index contributed by atoms with van der Waals surface area (Å²) in [7, 11) is 0. The average Bonchev–Trinajstić information content (AvgIpc) is 3.26. The molecule has 1 atom stereocenters. The first kappa shape index (κ1) is 14.8. The summed E-state index contributed by atoms with van der Waals surface area (Å²) in [5, 5.41) is 12.9. The number of benzene rings is 1. The van der Waals surface area contributed by atoms with Crippen molar-refractivity contribution in [2.75, 3.05) is 11.9 Å². The molecule has 6 nitrogen and oxygen atoms in total. The molecule has 8 heteroatoms. The molecule has 1 aliphatic rings. The van der Waals surface area contributed by atoms with Gasteiger partial charge in [0.05, 0.1) is 0 Å². The van der Waals surface area contributed by atoms with Crippen LogP contribution in [-0.4, -0.2) is 22.7 Å². The van der Waals surface area contributed by atoms with E-state index in [1.807, 2.05) is 18.2 Å². The second-order valence-corrected chi connectivity index (χ2v) is 7.12. The third kappa shape index (κ3) is 3.01. The van der Waals surface area contributed by atoms with Crippen LogP contribution in [0.4, 0.5) is 5.13 Å². The largest absolute Gasteiger partial charge is 0.451 e. The zero-order chi connectivity index (χ0) is 15.8. The minimum Gasteiger partial charge on any atom is -0.451 e. The lowest BCUT2D eigenvalue weighted by molar-refractivity contribution is 0.0998. The molecule has 0 aliphatic carbocycles. The van der Waals surface area contributed by atoms with E-state index < -0.39 is 0 Å². The first-order chi connectivity index (χ1) is 11.2. The third-order valence-electron chi connectivity index (χ3n) is 3.57. The van der Waals surface area contributed by atoms with Crippen molar-refractivity contribution in [2.45, 2.75) is 18.9 Å². The van der Waals surface area contributed by atoms with Gasteiger partial charge >= 0.3 is 0 Å². The second kappa shape index (κ2) is 6.03. The molecule has 2 aromatic heterocycles. The Bertz CT molecular complexity index is 870. The molecule has 1 aliphatic heterocycles. The number of nitrogens with zero attached hydrogens (tertiary/aromatic N) is 2. The van der Waals surface area contributed by atoms with Gasteiger partial charge in [0.15, 0.2) is 5.76 Å². The van der Waals surface area contributed by atoms with Crippen LogP contribution in [0.25, 0.3) is 11.0 Å². The number of aromatic nitrogens is 2. The zero-order valence-corrected chi connectivity index (χ0v) is 14.3. The van der Waals surface area contributed by atoms with Crippen molar-refractivity contribution >= 4 is 49.3 Å². The monoisotopic (exact) mass is 393 g/mol. The van der Waals surface area contributed by atoms with Gasteiger partial charge in [-0.1, -0.05) is 27.3 Å². The fraction of sp³-hybridized carbons (Fsp3) is 0.267. The molecular weight excluding hydrogens is 382 g/mol. The number of anilines is 1. The molecule has 0 spiro atoms. The Morgan fingerprint density at radius 1 is 1.35 bits per heavy atom. The molecule has 118 valence electrons. The summed E-state index contributed by atoms with van der Waals surface area (Å²) in [6.07, 6.45) is 1.98. The summed E-state index contributed by atoms with van der Waals surface area (Å²) in [6.45, 7) is 0.750. The number of hydrogen-bond acceptors (Lipinski definition) is 6. The van der Waals surface area contributed by atoms with Gasteiger partial charge in [0.1, 0.15) is 16.7 Å². The molecule has 1 aromatic carbocycles. The number of carbonyl (C=O) groups excluding carboxylic acids is 1. The van der Waals surface area contributed by atoms with E-state index in [2.05, 4.69) is 31.4 Å². The topological polar surface area (TPSA) is 77.2 Å². The quantitative estimate of drug-likeness (QED) is 0.722. The first-order valence-corrected chi connectivity index (χ1v) is 8.75. The lowest BCUT2D eigenvalue weighted by Crippen LogP contribution is -2.10. The average molecular weight is 394 g/mol. The van der Waals surface area contributed by atoms with E-state index in [0.717, 1.165) is 34.3 Å². The second-order valence-electron chi connectivity index (χ2n) is 5.19. The molecule has 0 unspecified atom stereocenters. The number of furan rings is 1. The summed E-state index contributed by atoms with van der Waals surface area (Å²) in [5.74, 6) is -0.0978. The number of rotatable bonds is 3. The fourth-order valence-corrected chi connectivity index (χ4v) is 3.67. The van der Waals surface area contributed by atoms with Crippen LogP contribution in [0.3, 0.4) is 0 Å². The van der Waals surface area contributed by atoms with Crippen molar-refractivity contribution in [1.82, 2.24) is 10.2 Å². The number of carbonyl (C=O) groups is 1. The highest BCUT2D eigenvalue weighted by Gasteiger charge is 2.23. The fourth-order valence-electron chi connectivity index (χ4n) is 2.47. The van der Waals surface area contributed by atoms with Gasteiger partial charge in [0.25, 0.3) is 5.91 Å². The molecule has 0 bridgehead atoms. The molecule has 1 amide bonds. The number of ether oxygens (including phenoxy) is 1. The van der Waals surface area contributed by atoms with Gasteiger partial charge in [-0.2, -0.15) is 0 Å². The van der Waals surface area contributed by atoms with Crippen molar-refractivity contribution in [2.24, 2.45) is 0 Å². The smallest absolute Gasteiger partial charge is 0.293 e. The summed E-state index contributed by atoms with van der Waals surface area (Å²) in [4.78, 5) is 12.3. The van der Waals surface area contributed by atoms with E-state index in [1.54, 1.807) is 6.07 Å². The Morgan fingerprint density at radius 3 is 3.09 bits per heavy atom. The molecular formula is C15H12BrN3O3S. The minimum absolute atomic E-state index is 0.00158. The van der Waals surface area contributed by atoms with E-state index in [-0.39, 0.29) is 17.8 Å². The molecule has 1 N–H and O–H groups in total. The van der Waals surface area contributed by atoms with Crippen LogP contribution in [-0.2, 0) is 4.74 Å². The Balaban J connectivity index is 1.52. The molecule has 1 fully saturated rings. The molecule has 4 rings (SSSR count). The Kier molecular flexibility index (Phi) is 3.88. The Morgan fingerprint density at radius 2 is 2.26 bits per heavy atom. The maximum atomic E-state index is 12.3. The number of halogens is 1. The van der Waals surface area contributed by atoms with Gasteiger partial charge in [-0.25, -0.2) is 0 Å². The van der Waals surface area contributed by atoms with Gasteiger partial charge in [-0.05, 0) is 37.1 Å². The Labute approximate surface area is 144 Å². The van der Waals surface area contributed by atoms with Gasteiger partial charge in [-0.15, -0.1) is 10.2 Å². The number of amides is 1. The van der Waals surface area contributed by atoms with Crippen LogP contribution in [0, 0.1) is 0 Å². The van der Waals surface area contributed by atoms with Crippen LogP contribution in [0.15, 0.2) is 33.2 Å². The van der Waals surface area contributed by atoms with Crippen LogP contribution in [0.1, 0.15) is 34.5 Å². The van der Waals surface area contributed by atoms with Gasteiger partial charge in [0, 0.05) is 16.5 Å². The summed E-state index contributed by atoms with van der Waals surface area (Å²) < 4.78 is 12.1. The van der Waals surface area contributed by atoms with Crippen LogP contribution < -0.4 is 5.32 Å². The normalized spacial score (nSPS) is 17.7. The molecule has 23 heavy (non-hydrogen) atoms. The van der Waals surface area contributed by atoms with E-state index in [4.69, 9.17) is 9.15 Å². The van der Waals surface area contributed by atoms with Crippen LogP contribution in [0.5, 0.6) is 0 Å². The van der Waals surface area contributed by atoms with E-state index in [9.17, 15) is 4.79 Å². The van der Waals surface area contributed by atoms with Crippen molar-refractivity contribution in [3.63, 3.8) is 0 Å². The predicted molar refractivity (Wildman–Crippen MR) is 89.7 cm³/mol. The van der Waals surface area contributed by atoms with E-state index in [0.29, 0.717) is 10.7 Å². The highest BCUT2D eigenvalue weighted by Crippen LogP contribution is 2.32. The molecule has 0 saturated carbocycles. The number of nitrogens with one attached hydrogen (secondary N) is 1. The lowest BCUT2D eigenvalue weighted by Gasteiger charge is -2.02. The molecule has 3 aromatic rings. The highest BCUT2D eigenvalue weighted by molar-refractivity contribution is 9.10. The molecule has 1 saturated heterocycles. The Hall–Kier alpha value is -1.77. The minimum atomic E-state index is -0.340. The SMILES string of the molecule is O=C(Nc1nnc([C@@H]2CCCO2)s1)c1cc2cc(Br)ccc2o1. The van der Waals surface area contributed by atoms with Gasteiger partial charge in [-0.3, -0.25) is 10.1 Å². The first-order valence-electron chi connectivity index (χ1n) is 7.14. The van der Waals surface area contributed by atoms with Crippen molar-refractivity contribution in [3.05, 3.63) is 39.5 Å². The van der Waals surface area contributed by atoms with Crippen LogP contribution >= 0.6 is 27.3 Å². The van der Waals surface area contributed by atoms with Gasteiger partial charge < -0.3 is 9.15 Å². The maximum absolute atomic E-state index is 12.3. The standard InChI is InChI=1S/C15H12BrN3O3S/c16-9-3-4-10-8(6-9)7-12(22-10)13(20)17-15-19-18-14(23-15)11-2-1-5-21-11/h3-4,6-7,11H,1-2,5H2,(H,17,19,20)/t11-/m0/s1. The van der Waals surface area contributed by atoms with Crippen LogP contribution in [0.2, 0.25) is 0 Å². The predicted octanol–water partition coefficient (Wildman–Crippen LogP) is 4.15. The lowest BCUT2D eigenvalue weighted by atomic mass is 10.2. The maximum Gasteiger partial charge on any atom is 0.293 e. The number of fused-ring (bicyclic) bond motifs is 1. The summed E-state index contributed by atoms with van der Waals surface area (Å²) >= 11 is 4.73. The van der Waals surface area contributed by atoms with Gasteiger partial charge in [0.2, 0.25) is 5.13 Å². The zero-order valence-electron chi connectivity index (χ0n) is 11.9. The number of hydrogen-bond donors (Lipinski definition) is 1. The van der Waals surface area contributed by atoms with Crippen molar-refractivity contribution < 1.29 is 13.9 Å².